The first-order valence-electron chi connectivity index (χ1n) is 9.17. The van der Waals surface area contributed by atoms with Crippen LogP contribution in [0.25, 0.3) is 0 Å². The van der Waals surface area contributed by atoms with E-state index in [-0.39, 0.29) is 0 Å². The third-order valence-corrected chi connectivity index (χ3v) is 3.36. The molecule has 2 heteroatoms. The molecule has 0 aromatic rings. The van der Waals surface area contributed by atoms with Crippen LogP contribution in [0.4, 0.5) is 0 Å². The van der Waals surface area contributed by atoms with Gasteiger partial charge in [0.25, 0.3) is 0 Å². The van der Waals surface area contributed by atoms with E-state index in [1.165, 1.54) is 25.0 Å². The van der Waals surface area contributed by atoms with Crippen LogP contribution in [0.1, 0.15) is 72.1 Å². The van der Waals surface area contributed by atoms with Gasteiger partial charge in [-0.1, -0.05) is 57.6 Å². The van der Waals surface area contributed by atoms with E-state index in [0.717, 1.165) is 51.9 Å². The van der Waals surface area contributed by atoms with Gasteiger partial charge in [0, 0.05) is 25.5 Å². The van der Waals surface area contributed by atoms with Crippen LogP contribution in [0.3, 0.4) is 0 Å². The van der Waals surface area contributed by atoms with Crippen molar-refractivity contribution in [1.29, 1.82) is 0 Å². The van der Waals surface area contributed by atoms with Crippen LogP contribution in [-0.4, -0.2) is 19.8 Å². The van der Waals surface area contributed by atoms with Crippen molar-refractivity contribution in [1.82, 2.24) is 5.32 Å². The average Bonchev–Trinajstić information content (AvgIpc) is 2.54. The summed E-state index contributed by atoms with van der Waals surface area (Å²) in [6.07, 6.45) is 20.3. The van der Waals surface area contributed by atoms with E-state index in [9.17, 15) is 0 Å². The van der Waals surface area contributed by atoms with Gasteiger partial charge in [-0.3, -0.25) is 0 Å². The molecule has 0 aromatic carbocycles. The maximum absolute atomic E-state index is 5.49. The van der Waals surface area contributed by atoms with Gasteiger partial charge in [0.15, 0.2) is 0 Å². The zero-order valence-electron chi connectivity index (χ0n) is 15.1. The third-order valence-electron chi connectivity index (χ3n) is 3.36. The van der Waals surface area contributed by atoms with E-state index < -0.39 is 0 Å². The van der Waals surface area contributed by atoms with Gasteiger partial charge >= 0.3 is 0 Å². The fourth-order valence-electron chi connectivity index (χ4n) is 2.04. The average molecular weight is 308 g/mol. The van der Waals surface area contributed by atoms with E-state index in [0.29, 0.717) is 0 Å². The highest BCUT2D eigenvalue weighted by molar-refractivity contribution is 5.04. The van der Waals surface area contributed by atoms with Crippen molar-refractivity contribution in [3.05, 3.63) is 36.1 Å². The van der Waals surface area contributed by atoms with Gasteiger partial charge in [-0.15, -0.1) is 0 Å². The first kappa shape index (κ1) is 21.0. The Morgan fingerprint density at radius 3 is 2.32 bits per heavy atom. The fraction of sp³-hybridized carbons (Fsp3) is 0.700. The Balaban J connectivity index is 3.63. The fourth-order valence-corrected chi connectivity index (χ4v) is 2.04. The lowest BCUT2D eigenvalue weighted by molar-refractivity contribution is 0.131. The van der Waals surface area contributed by atoms with Gasteiger partial charge in [0.1, 0.15) is 0 Å². The Hall–Kier alpha value is -1.02. The van der Waals surface area contributed by atoms with Gasteiger partial charge in [0.2, 0.25) is 0 Å². The summed E-state index contributed by atoms with van der Waals surface area (Å²) in [4.78, 5) is 0. The summed E-state index contributed by atoms with van der Waals surface area (Å²) in [5.41, 5.74) is 1.38. The molecular weight excluding hydrogens is 270 g/mol. The molecule has 0 heterocycles. The second kappa shape index (κ2) is 18.0. The maximum Gasteiger partial charge on any atom is 0.0466 e. The first-order valence-corrected chi connectivity index (χ1v) is 9.17. The zero-order valence-corrected chi connectivity index (χ0v) is 15.1. The van der Waals surface area contributed by atoms with Gasteiger partial charge < -0.3 is 10.1 Å². The SMILES string of the molecule is CCC/C=C/C=CCC/C=C(\CC)NCCCCOCCC. The highest BCUT2D eigenvalue weighted by atomic mass is 16.5. The van der Waals surface area contributed by atoms with E-state index in [1.807, 2.05) is 0 Å². The lowest BCUT2D eigenvalue weighted by Gasteiger charge is -2.09. The lowest BCUT2D eigenvalue weighted by Crippen LogP contribution is -2.15. The van der Waals surface area contributed by atoms with Crippen molar-refractivity contribution in [3.8, 4) is 0 Å². The topological polar surface area (TPSA) is 21.3 Å². The molecule has 0 aliphatic heterocycles. The smallest absolute Gasteiger partial charge is 0.0466 e. The van der Waals surface area contributed by atoms with Gasteiger partial charge in [-0.05, 0) is 44.9 Å². The van der Waals surface area contributed by atoms with Crippen LogP contribution in [0.2, 0.25) is 0 Å². The molecule has 0 aliphatic rings. The number of rotatable bonds is 15. The van der Waals surface area contributed by atoms with Gasteiger partial charge in [-0.2, -0.15) is 0 Å². The number of nitrogens with one attached hydrogen (secondary N) is 1. The molecule has 22 heavy (non-hydrogen) atoms. The molecular formula is C20H37NO. The van der Waals surface area contributed by atoms with Crippen molar-refractivity contribution in [2.24, 2.45) is 0 Å². The summed E-state index contributed by atoms with van der Waals surface area (Å²) in [7, 11) is 0. The van der Waals surface area contributed by atoms with Crippen LogP contribution in [0.15, 0.2) is 36.1 Å². The molecule has 0 saturated carbocycles. The molecule has 0 unspecified atom stereocenters. The normalized spacial score (nSPS) is 12.6. The van der Waals surface area contributed by atoms with Crippen molar-refractivity contribution >= 4 is 0 Å². The number of ether oxygens (including phenoxy) is 1. The molecule has 0 aliphatic carbocycles. The number of unbranched alkanes of at least 4 members (excludes halogenated alkanes) is 3. The van der Waals surface area contributed by atoms with Crippen LogP contribution in [-0.2, 0) is 4.74 Å². The molecule has 0 rings (SSSR count). The number of hydrogen-bond donors (Lipinski definition) is 1. The minimum Gasteiger partial charge on any atom is -0.389 e. The summed E-state index contributed by atoms with van der Waals surface area (Å²) in [5.74, 6) is 0. The lowest BCUT2D eigenvalue weighted by atomic mass is 10.2. The van der Waals surface area contributed by atoms with Crippen molar-refractivity contribution in [3.63, 3.8) is 0 Å². The predicted molar refractivity (Wildman–Crippen MR) is 99.1 cm³/mol. The molecule has 0 bridgehead atoms. The minimum atomic E-state index is 0.898. The number of hydrogen-bond acceptors (Lipinski definition) is 2. The molecule has 0 spiro atoms. The van der Waals surface area contributed by atoms with Crippen molar-refractivity contribution in [2.45, 2.75) is 72.1 Å². The van der Waals surface area contributed by atoms with E-state index in [1.54, 1.807) is 0 Å². The molecule has 0 amide bonds. The van der Waals surface area contributed by atoms with E-state index in [2.05, 4.69) is 56.5 Å². The zero-order chi connectivity index (χ0) is 16.3. The van der Waals surface area contributed by atoms with Crippen molar-refractivity contribution < 1.29 is 4.74 Å². The Morgan fingerprint density at radius 2 is 1.64 bits per heavy atom. The minimum absolute atomic E-state index is 0.898. The Morgan fingerprint density at radius 1 is 0.864 bits per heavy atom. The van der Waals surface area contributed by atoms with Crippen LogP contribution >= 0.6 is 0 Å². The summed E-state index contributed by atoms with van der Waals surface area (Å²) in [5, 5.41) is 3.55. The Bertz CT molecular complexity index is 305. The van der Waals surface area contributed by atoms with Crippen LogP contribution in [0.5, 0.6) is 0 Å². The van der Waals surface area contributed by atoms with Crippen LogP contribution in [0, 0.1) is 0 Å². The summed E-state index contributed by atoms with van der Waals surface area (Å²) in [6.45, 7) is 9.43. The van der Waals surface area contributed by atoms with E-state index >= 15 is 0 Å². The summed E-state index contributed by atoms with van der Waals surface area (Å²) < 4.78 is 5.49. The standard InChI is InChI=1S/C20H37NO/c1-4-7-8-9-10-11-12-13-16-20(6-3)21-17-14-15-19-22-18-5-2/h8-11,16,21H,4-7,12-15,17-19H2,1-3H3/b9-8+,11-10?,20-16+. The Labute approximate surface area is 138 Å². The maximum atomic E-state index is 5.49. The third kappa shape index (κ3) is 15.4. The molecule has 0 saturated heterocycles. The Kier molecular flexibility index (Phi) is 17.2. The van der Waals surface area contributed by atoms with Gasteiger partial charge in [-0.25, -0.2) is 0 Å². The summed E-state index contributed by atoms with van der Waals surface area (Å²) in [6, 6.07) is 0. The highest BCUT2D eigenvalue weighted by Crippen LogP contribution is 2.02. The second-order valence-corrected chi connectivity index (χ2v) is 5.55. The molecule has 0 aromatic heterocycles. The molecule has 0 atom stereocenters. The monoisotopic (exact) mass is 307 g/mol. The summed E-state index contributed by atoms with van der Waals surface area (Å²) >= 11 is 0. The molecule has 2 nitrogen and oxygen atoms in total. The van der Waals surface area contributed by atoms with Gasteiger partial charge in [0.05, 0.1) is 0 Å². The van der Waals surface area contributed by atoms with Crippen molar-refractivity contribution in [2.75, 3.05) is 19.8 Å². The molecule has 128 valence electrons. The molecule has 1 N–H and O–H groups in total. The quantitative estimate of drug-likeness (QED) is 0.306. The highest BCUT2D eigenvalue weighted by Gasteiger charge is 1.93. The number of allylic oxidation sites excluding steroid dienone is 6. The van der Waals surface area contributed by atoms with Crippen LogP contribution < -0.4 is 5.32 Å². The second-order valence-electron chi connectivity index (χ2n) is 5.55. The predicted octanol–water partition coefficient (Wildman–Crippen LogP) is 5.77. The van der Waals surface area contributed by atoms with E-state index in [4.69, 9.17) is 4.74 Å². The first-order chi connectivity index (χ1) is 10.8. The molecule has 0 radical (unpaired) electrons. The molecule has 0 fully saturated rings. The largest absolute Gasteiger partial charge is 0.389 e.